The summed E-state index contributed by atoms with van der Waals surface area (Å²) >= 11 is 0. The zero-order valence-electron chi connectivity index (χ0n) is 23.2. The van der Waals surface area contributed by atoms with E-state index in [0.717, 1.165) is 61.5 Å². The maximum Gasteiger partial charge on any atom is 0.295 e. The van der Waals surface area contributed by atoms with Crippen LogP contribution >= 0.6 is 0 Å². The summed E-state index contributed by atoms with van der Waals surface area (Å²) < 4.78 is 11.4. The maximum absolute atomic E-state index is 13.9. The van der Waals surface area contributed by atoms with E-state index in [2.05, 4.69) is 0 Å². The third kappa shape index (κ3) is 6.11. The SMILES string of the molecule is Cc1ccc(C2C(=C([O-])c3ccc(OCc4ccccc4)c(C)c3)C(=O)C(=O)N2CCC[NH+]2CCOCC2)cc1. The molecule has 0 saturated carbocycles. The topological polar surface area (TPSA) is 83.3 Å². The Hall–Kier alpha value is -3.94. The minimum atomic E-state index is -0.712. The van der Waals surface area contributed by atoms with E-state index in [1.54, 1.807) is 23.1 Å². The number of hydrogen-bond acceptors (Lipinski definition) is 5. The number of morpholine rings is 1. The van der Waals surface area contributed by atoms with Crippen LogP contribution in [0.25, 0.3) is 5.76 Å². The predicted octanol–water partition coefficient (Wildman–Crippen LogP) is 2.41. The summed E-state index contributed by atoms with van der Waals surface area (Å²) in [6, 6.07) is 22.0. The fourth-order valence-corrected chi connectivity index (χ4v) is 5.45. The molecule has 0 radical (unpaired) electrons. The zero-order valence-corrected chi connectivity index (χ0v) is 23.2. The first-order chi connectivity index (χ1) is 19.4. The van der Waals surface area contributed by atoms with E-state index >= 15 is 0 Å². The number of nitrogens with one attached hydrogen (secondary N) is 1. The second kappa shape index (κ2) is 12.5. The molecule has 3 aromatic carbocycles. The normalized spacial score (nSPS) is 19.2. The highest BCUT2D eigenvalue weighted by atomic mass is 16.5. The Morgan fingerprint density at radius 3 is 2.42 bits per heavy atom. The Labute approximate surface area is 235 Å². The van der Waals surface area contributed by atoms with Gasteiger partial charge in [0.15, 0.2) is 0 Å². The molecule has 0 aliphatic carbocycles. The predicted molar refractivity (Wildman–Crippen MR) is 151 cm³/mol. The molecule has 0 bridgehead atoms. The summed E-state index contributed by atoms with van der Waals surface area (Å²) in [5.41, 5.74) is 4.06. The third-order valence-electron chi connectivity index (χ3n) is 7.73. The molecule has 1 N–H and O–H groups in total. The molecule has 2 aliphatic rings. The summed E-state index contributed by atoms with van der Waals surface area (Å²) in [4.78, 5) is 29.7. The van der Waals surface area contributed by atoms with Gasteiger partial charge in [0.1, 0.15) is 25.4 Å². The number of rotatable bonds is 9. The van der Waals surface area contributed by atoms with Crippen LogP contribution < -0.4 is 14.7 Å². The van der Waals surface area contributed by atoms with Crippen molar-refractivity contribution in [2.24, 2.45) is 0 Å². The second-order valence-corrected chi connectivity index (χ2v) is 10.6. The molecule has 40 heavy (non-hydrogen) atoms. The lowest BCUT2D eigenvalue weighted by atomic mass is 9.94. The monoisotopic (exact) mass is 540 g/mol. The van der Waals surface area contributed by atoms with Gasteiger partial charge in [-0.05, 0) is 48.2 Å². The number of quaternary nitrogens is 1. The number of ether oxygens (including phenoxy) is 2. The van der Waals surface area contributed by atoms with Gasteiger partial charge in [-0.15, -0.1) is 0 Å². The molecule has 2 saturated heterocycles. The number of carbonyl (C=O) groups is 2. The van der Waals surface area contributed by atoms with Gasteiger partial charge >= 0.3 is 0 Å². The number of amides is 1. The maximum atomic E-state index is 13.9. The lowest BCUT2D eigenvalue weighted by molar-refractivity contribution is -0.908. The summed E-state index contributed by atoms with van der Waals surface area (Å²) in [5.74, 6) is -1.06. The van der Waals surface area contributed by atoms with Crippen molar-refractivity contribution in [1.29, 1.82) is 0 Å². The Morgan fingerprint density at radius 1 is 1.00 bits per heavy atom. The van der Waals surface area contributed by atoms with Crippen molar-refractivity contribution in [3.05, 3.63) is 106 Å². The molecule has 1 unspecified atom stereocenters. The number of nitrogens with zero attached hydrogens (tertiary/aromatic N) is 1. The highest BCUT2D eigenvalue weighted by Crippen LogP contribution is 2.39. The molecule has 7 heteroatoms. The number of benzene rings is 3. The minimum absolute atomic E-state index is 0.0185. The van der Waals surface area contributed by atoms with Crippen molar-refractivity contribution < 1.29 is 29.1 Å². The van der Waals surface area contributed by atoms with Crippen LogP contribution in [-0.2, 0) is 20.9 Å². The number of ketones is 1. The van der Waals surface area contributed by atoms with Crippen LogP contribution in [0.3, 0.4) is 0 Å². The van der Waals surface area contributed by atoms with E-state index in [1.807, 2.05) is 68.4 Å². The first-order valence-corrected chi connectivity index (χ1v) is 13.9. The molecule has 3 aromatic rings. The van der Waals surface area contributed by atoms with Crippen LogP contribution in [0, 0.1) is 13.8 Å². The minimum Gasteiger partial charge on any atom is -0.872 e. The molecular formula is C33H36N2O5. The molecule has 208 valence electrons. The number of likely N-dealkylation sites (tertiary alicyclic amines) is 1. The lowest BCUT2D eigenvalue weighted by Gasteiger charge is -2.29. The zero-order chi connectivity index (χ0) is 28.1. The average molecular weight is 541 g/mol. The smallest absolute Gasteiger partial charge is 0.295 e. The van der Waals surface area contributed by atoms with Gasteiger partial charge in [0.05, 0.1) is 25.8 Å². The molecule has 2 aliphatic heterocycles. The van der Waals surface area contributed by atoms with Crippen molar-refractivity contribution in [3.63, 3.8) is 0 Å². The van der Waals surface area contributed by atoms with Gasteiger partial charge in [0.25, 0.3) is 5.91 Å². The van der Waals surface area contributed by atoms with E-state index in [9.17, 15) is 14.7 Å². The molecule has 0 spiro atoms. The molecule has 0 aromatic heterocycles. The molecule has 1 atom stereocenters. The first-order valence-electron chi connectivity index (χ1n) is 13.9. The van der Waals surface area contributed by atoms with Gasteiger partial charge in [0, 0.05) is 18.5 Å². The van der Waals surface area contributed by atoms with Gasteiger partial charge in [-0.2, -0.15) is 0 Å². The highest BCUT2D eigenvalue weighted by molar-refractivity contribution is 6.46. The van der Waals surface area contributed by atoms with Gasteiger partial charge < -0.3 is 24.4 Å². The van der Waals surface area contributed by atoms with Crippen LogP contribution in [0.4, 0.5) is 0 Å². The Bertz CT molecular complexity index is 1380. The number of hydrogen-bond donors (Lipinski definition) is 1. The molecule has 2 heterocycles. The molecule has 2 fully saturated rings. The van der Waals surface area contributed by atoms with E-state index in [-0.39, 0.29) is 5.57 Å². The first kappa shape index (κ1) is 27.6. The summed E-state index contributed by atoms with van der Waals surface area (Å²) in [7, 11) is 0. The average Bonchev–Trinajstić information content (AvgIpc) is 3.22. The van der Waals surface area contributed by atoms with Gasteiger partial charge in [0.2, 0.25) is 5.78 Å². The lowest BCUT2D eigenvalue weighted by Crippen LogP contribution is -3.14. The van der Waals surface area contributed by atoms with Crippen molar-refractivity contribution in [2.75, 3.05) is 39.4 Å². The van der Waals surface area contributed by atoms with E-state index < -0.39 is 23.5 Å². The molecule has 5 rings (SSSR count). The van der Waals surface area contributed by atoms with Crippen LogP contribution in [-0.4, -0.2) is 56.0 Å². The van der Waals surface area contributed by atoms with Crippen molar-refractivity contribution in [2.45, 2.75) is 32.9 Å². The second-order valence-electron chi connectivity index (χ2n) is 10.6. The Kier molecular flexibility index (Phi) is 8.63. The van der Waals surface area contributed by atoms with E-state index in [0.29, 0.717) is 24.5 Å². The quantitative estimate of drug-likeness (QED) is 0.256. The largest absolute Gasteiger partial charge is 0.872 e. The van der Waals surface area contributed by atoms with Gasteiger partial charge in [-0.25, -0.2) is 0 Å². The third-order valence-corrected chi connectivity index (χ3v) is 7.73. The number of Topliss-reactive ketones (excluding diaryl/α,β-unsaturated/α-hetero) is 1. The van der Waals surface area contributed by atoms with Crippen LogP contribution in [0.5, 0.6) is 5.75 Å². The number of carbonyl (C=O) groups excluding carboxylic acids is 2. The van der Waals surface area contributed by atoms with Gasteiger partial charge in [-0.3, -0.25) is 9.59 Å². The number of aryl methyl sites for hydroxylation is 2. The Morgan fingerprint density at radius 2 is 1.73 bits per heavy atom. The van der Waals surface area contributed by atoms with Crippen LogP contribution in [0.1, 0.15) is 40.3 Å². The van der Waals surface area contributed by atoms with Gasteiger partial charge in [-0.1, -0.05) is 72.0 Å². The fraction of sp³-hybridized carbons (Fsp3) is 0.333. The highest BCUT2D eigenvalue weighted by Gasteiger charge is 2.44. The van der Waals surface area contributed by atoms with Crippen molar-refractivity contribution in [3.8, 4) is 5.75 Å². The fourth-order valence-electron chi connectivity index (χ4n) is 5.45. The molecule has 7 nitrogen and oxygen atoms in total. The summed E-state index contributed by atoms with van der Waals surface area (Å²) in [6.45, 7) is 8.93. The molecular weight excluding hydrogens is 504 g/mol. The van der Waals surface area contributed by atoms with E-state index in [4.69, 9.17) is 9.47 Å². The van der Waals surface area contributed by atoms with Crippen LogP contribution in [0.2, 0.25) is 0 Å². The molecule has 1 amide bonds. The van der Waals surface area contributed by atoms with Crippen molar-refractivity contribution in [1.82, 2.24) is 4.90 Å². The summed E-state index contributed by atoms with van der Waals surface area (Å²) in [6.07, 6.45) is 0.741. The Balaban J connectivity index is 1.41. The van der Waals surface area contributed by atoms with E-state index in [1.165, 1.54) is 4.90 Å². The van der Waals surface area contributed by atoms with Crippen LogP contribution in [0.15, 0.2) is 78.4 Å². The summed E-state index contributed by atoms with van der Waals surface area (Å²) in [5, 5.41) is 13.9. The standard InChI is InChI=1S/C33H36N2O5/c1-23-9-11-26(12-10-23)30-29(32(37)33(38)35(30)16-6-15-34-17-19-39-20-18-34)31(36)27-13-14-28(24(2)21-27)40-22-25-7-4-3-5-8-25/h3-5,7-14,21,30,36H,6,15-20,22H2,1-2H3. The van der Waals surface area contributed by atoms with Crippen molar-refractivity contribution >= 4 is 17.4 Å².